The summed E-state index contributed by atoms with van der Waals surface area (Å²) in [6.45, 7) is 2.67. The molecule has 0 saturated carbocycles. The molecular weight excluding hydrogens is 397 g/mol. The molecule has 3 heterocycles. The van der Waals surface area contributed by atoms with Crippen LogP contribution in [0.3, 0.4) is 0 Å². The van der Waals surface area contributed by atoms with E-state index in [0.29, 0.717) is 41.0 Å². The molecule has 9 heteroatoms. The van der Waals surface area contributed by atoms with Crippen molar-refractivity contribution in [3.63, 3.8) is 0 Å². The van der Waals surface area contributed by atoms with Crippen molar-refractivity contribution in [2.75, 3.05) is 37.6 Å². The van der Waals surface area contributed by atoms with Gasteiger partial charge < -0.3 is 19.7 Å². The van der Waals surface area contributed by atoms with Gasteiger partial charge in [0.2, 0.25) is 0 Å². The molecule has 1 aliphatic heterocycles. The highest BCUT2D eigenvalue weighted by Gasteiger charge is 2.35. The van der Waals surface area contributed by atoms with Crippen LogP contribution in [0.1, 0.15) is 12.0 Å². The summed E-state index contributed by atoms with van der Waals surface area (Å²) in [5, 5.41) is 8.23. The van der Waals surface area contributed by atoms with Crippen molar-refractivity contribution in [2.45, 2.75) is 25.6 Å². The van der Waals surface area contributed by atoms with Gasteiger partial charge in [0.05, 0.1) is 43.2 Å². The maximum atomic E-state index is 14.3. The number of benzene rings is 1. The van der Waals surface area contributed by atoms with E-state index in [2.05, 4.69) is 15.4 Å². The van der Waals surface area contributed by atoms with Gasteiger partial charge in [0.25, 0.3) is 0 Å². The molecule has 3 aromatic rings. The van der Waals surface area contributed by atoms with Crippen molar-refractivity contribution in [3.8, 4) is 5.75 Å². The van der Waals surface area contributed by atoms with Crippen LogP contribution >= 0.6 is 11.6 Å². The van der Waals surface area contributed by atoms with Crippen LogP contribution in [0.4, 0.5) is 21.7 Å². The van der Waals surface area contributed by atoms with Crippen LogP contribution in [0.15, 0.2) is 30.5 Å². The first-order valence-corrected chi connectivity index (χ1v) is 9.74. The normalized spacial score (nSPS) is 19.1. The summed E-state index contributed by atoms with van der Waals surface area (Å²) in [7, 11) is 3.22. The predicted molar refractivity (Wildman–Crippen MR) is 112 cm³/mol. The number of ether oxygens (including phenoxy) is 2. The van der Waals surface area contributed by atoms with Crippen LogP contribution in [0, 0.1) is 6.92 Å². The van der Waals surface area contributed by atoms with Crippen LogP contribution in [-0.4, -0.2) is 54.2 Å². The van der Waals surface area contributed by atoms with Gasteiger partial charge in [-0.25, -0.2) is 9.37 Å². The van der Waals surface area contributed by atoms with Crippen molar-refractivity contribution < 1.29 is 13.9 Å². The molecular formula is C20H23ClFN5O2. The zero-order valence-electron chi connectivity index (χ0n) is 16.5. The largest absolute Gasteiger partial charge is 0.497 e. The summed E-state index contributed by atoms with van der Waals surface area (Å²) in [4.78, 5) is 6.70. The number of aromatic nitrogens is 3. The Bertz CT molecular complexity index is 1030. The number of hydrogen-bond acceptors (Lipinski definition) is 6. The van der Waals surface area contributed by atoms with Crippen molar-refractivity contribution in [1.82, 2.24) is 14.6 Å². The SMILES string of the molecule is COCC1CC(F)CN1c1c(C)c(Nc2ccc(OC)cc2Cl)nc2ccnn12. The van der Waals surface area contributed by atoms with Crippen LogP contribution in [-0.2, 0) is 4.74 Å². The molecule has 1 N–H and O–H groups in total. The van der Waals surface area contributed by atoms with Crippen LogP contribution in [0.5, 0.6) is 5.75 Å². The molecule has 0 radical (unpaired) electrons. The lowest BCUT2D eigenvalue weighted by Gasteiger charge is -2.28. The lowest BCUT2D eigenvalue weighted by atomic mass is 10.2. The number of fused-ring (bicyclic) bond motifs is 1. The van der Waals surface area contributed by atoms with Gasteiger partial charge in [0, 0.05) is 31.2 Å². The standard InChI is InChI=1S/C20H23ClFN5O2/c1-12-19(24-17-5-4-15(29-3)9-16(17)21)25-18-6-7-23-27(18)20(12)26-10-13(22)8-14(26)11-28-2/h4-7,9,13-14H,8,10-11H2,1-3H3,(H,24,25). The smallest absolute Gasteiger partial charge is 0.159 e. The van der Waals surface area contributed by atoms with Crippen molar-refractivity contribution in [1.29, 1.82) is 0 Å². The molecule has 1 aliphatic rings. The Hall–Kier alpha value is -2.58. The molecule has 2 atom stereocenters. The molecule has 0 bridgehead atoms. The fourth-order valence-corrected chi connectivity index (χ4v) is 4.00. The summed E-state index contributed by atoms with van der Waals surface area (Å²) in [5.41, 5.74) is 2.22. The minimum atomic E-state index is -0.916. The Kier molecular flexibility index (Phi) is 5.47. The van der Waals surface area contributed by atoms with Gasteiger partial charge in [-0.05, 0) is 19.1 Å². The summed E-state index contributed by atoms with van der Waals surface area (Å²) in [6, 6.07) is 7.15. The summed E-state index contributed by atoms with van der Waals surface area (Å²) >= 11 is 6.39. The summed E-state index contributed by atoms with van der Waals surface area (Å²) in [6.07, 6.45) is 1.19. The number of alkyl halides is 1. The number of halogens is 2. The summed E-state index contributed by atoms with van der Waals surface area (Å²) in [5.74, 6) is 2.11. The van der Waals surface area contributed by atoms with E-state index in [1.165, 1.54) is 0 Å². The second-order valence-electron chi connectivity index (χ2n) is 7.08. The van der Waals surface area contributed by atoms with Gasteiger partial charge >= 0.3 is 0 Å². The lowest BCUT2D eigenvalue weighted by molar-refractivity contribution is 0.176. The van der Waals surface area contributed by atoms with E-state index in [-0.39, 0.29) is 12.6 Å². The highest BCUT2D eigenvalue weighted by Crippen LogP contribution is 2.35. The van der Waals surface area contributed by atoms with Crippen LogP contribution in [0.25, 0.3) is 5.65 Å². The molecule has 0 aliphatic carbocycles. The third kappa shape index (κ3) is 3.70. The van der Waals surface area contributed by atoms with Crippen molar-refractivity contribution in [2.24, 2.45) is 0 Å². The minimum Gasteiger partial charge on any atom is -0.497 e. The molecule has 29 heavy (non-hydrogen) atoms. The van der Waals surface area contributed by atoms with Gasteiger partial charge in [-0.1, -0.05) is 11.6 Å². The minimum absolute atomic E-state index is 0.0686. The molecule has 0 spiro atoms. The van der Waals surface area contributed by atoms with E-state index in [9.17, 15) is 4.39 Å². The first-order valence-electron chi connectivity index (χ1n) is 9.36. The quantitative estimate of drug-likeness (QED) is 0.651. The lowest BCUT2D eigenvalue weighted by Crippen LogP contribution is -2.35. The highest BCUT2D eigenvalue weighted by molar-refractivity contribution is 6.33. The Morgan fingerprint density at radius 1 is 1.31 bits per heavy atom. The summed E-state index contributed by atoms with van der Waals surface area (Å²) < 4.78 is 26.6. The third-order valence-corrected chi connectivity index (χ3v) is 5.48. The molecule has 1 fully saturated rings. The van der Waals surface area contributed by atoms with E-state index in [0.717, 1.165) is 11.4 Å². The van der Waals surface area contributed by atoms with E-state index in [1.807, 2.05) is 30.0 Å². The van der Waals surface area contributed by atoms with E-state index >= 15 is 0 Å². The zero-order valence-corrected chi connectivity index (χ0v) is 17.3. The maximum Gasteiger partial charge on any atom is 0.159 e. The number of rotatable bonds is 6. The molecule has 4 rings (SSSR count). The fourth-order valence-electron chi connectivity index (χ4n) is 3.79. The Labute approximate surface area is 173 Å². The van der Waals surface area contributed by atoms with Crippen molar-refractivity contribution in [3.05, 3.63) is 41.0 Å². The third-order valence-electron chi connectivity index (χ3n) is 5.16. The van der Waals surface area contributed by atoms with Gasteiger partial charge in [-0.3, -0.25) is 0 Å². The fraction of sp³-hybridized carbons (Fsp3) is 0.400. The highest BCUT2D eigenvalue weighted by atomic mass is 35.5. The monoisotopic (exact) mass is 419 g/mol. The second-order valence-corrected chi connectivity index (χ2v) is 7.48. The molecule has 2 aromatic heterocycles. The number of methoxy groups -OCH3 is 2. The van der Waals surface area contributed by atoms with Gasteiger partial charge in [0.1, 0.15) is 23.6 Å². The second kappa shape index (κ2) is 8.04. The molecule has 0 amide bonds. The van der Waals surface area contributed by atoms with Crippen LogP contribution in [0.2, 0.25) is 5.02 Å². The molecule has 1 saturated heterocycles. The number of anilines is 3. The van der Waals surface area contributed by atoms with E-state index in [1.54, 1.807) is 31.0 Å². The molecule has 7 nitrogen and oxygen atoms in total. The first-order chi connectivity index (χ1) is 14.0. The predicted octanol–water partition coefficient (Wildman–Crippen LogP) is 4.01. The topological polar surface area (TPSA) is 63.9 Å². The van der Waals surface area contributed by atoms with E-state index in [4.69, 9.17) is 21.1 Å². The molecule has 154 valence electrons. The zero-order chi connectivity index (χ0) is 20.5. The Morgan fingerprint density at radius 2 is 2.14 bits per heavy atom. The van der Waals surface area contributed by atoms with Gasteiger partial charge in [0.15, 0.2) is 5.65 Å². The van der Waals surface area contributed by atoms with Gasteiger partial charge in [-0.15, -0.1) is 0 Å². The van der Waals surface area contributed by atoms with Gasteiger partial charge in [-0.2, -0.15) is 9.61 Å². The molecule has 1 aromatic carbocycles. The van der Waals surface area contributed by atoms with E-state index < -0.39 is 6.17 Å². The average molecular weight is 420 g/mol. The Balaban J connectivity index is 1.78. The number of hydrogen-bond donors (Lipinski definition) is 1. The number of nitrogens with one attached hydrogen (secondary N) is 1. The van der Waals surface area contributed by atoms with Crippen molar-refractivity contribution >= 4 is 34.6 Å². The maximum absolute atomic E-state index is 14.3. The molecule has 2 unspecified atom stereocenters. The average Bonchev–Trinajstić information content (AvgIpc) is 3.30. The van der Waals surface area contributed by atoms with Crippen LogP contribution < -0.4 is 15.0 Å². The Morgan fingerprint density at radius 3 is 2.86 bits per heavy atom. The number of nitrogens with zero attached hydrogens (tertiary/aromatic N) is 4. The first kappa shape index (κ1) is 19.7.